The van der Waals surface area contributed by atoms with Crippen LogP contribution in [-0.4, -0.2) is 49.3 Å². The van der Waals surface area contributed by atoms with Gasteiger partial charge in [-0.1, -0.05) is 28.5 Å². The van der Waals surface area contributed by atoms with Crippen molar-refractivity contribution in [2.45, 2.75) is 6.92 Å². The summed E-state index contributed by atoms with van der Waals surface area (Å²) in [7, 11) is 3.94. The summed E-state index contributed by atoms with van der Waals surface area (Å²) in [5, 5.41) is 0. The van der Waals surface area contributed by atoms with E-state index in [2.05, 4.69) is 11.8 Å². The van der Waals surface area contributed by atoms with E-state index in [-0.39, 0.29) is 0 Å². The molecule has 0 unspecified atom stereocenters. The molecule has 0 aromatic carbocycles. The Morgan fingerprint density at radius 2 is 2.00 bits per heavy atom. The van der Waals surface area contributed by atoms with Crippen molar-refractivity contribution in [1.29, 1.82) is 0 Å². The van der Waals surface area contributed by atoms with Crippen LogP contribution in [0.15, 0.2) is 0 Å². The van der Waals surface area contributed by atoms with Crippen LogP contribution in [-0.2, 0) is 4.74 Å². The first-order chi connectivity index (χ1) is 5.93. The lowest BCUT2D eigenvalue weighted by molar-refractivity contribution is 0.0410. The second-order valence-electron chi connectivity index (χ2n) is 2.68. The molecule has 4 heteroatoms. The second kappa shape index (κ2) is 7.06. The lowest BCUT2D eigenvalue weighted by Crippen LogP contribution is -2.37. The summed E-state index contributed by atoms with van der Waals surface area (Å²) < 4.78 is 5.27. The second-order valence-corrected chi connectivity index (χ2v) is 5.55. The van der Waals surface area contributed by atoms with Crippen molar-refractivity contribution >= 4 is 21.6 Å². The third-order valence-corrected chi connectivity index (χ3v) is 4.25. The summed E-state index contributed by atoms with van der Waals surface area (Å²) in [6, 6.07) is 0. The van der Waals surface area contributed by atoms with Crippen molar-refractivity contribution in [2.24, 2.45) is 0 Å². The largest absolute Gasteiger partial charge is 0.379 e. The summed E-state index contributed by atoms with van der Waals surface area (Å²) in [5.41, 5.74) is 0. The van der Waals surface area contributed by atoms with Gasteiger partial charge in [-0.2, -0.15) is 0 Å². The van der Waals surface area contributed by atoms with Crippen LogP contribution in [0.4, 0.5) is 0 Å². The molecule has 0 aromatic rings. The zero-order chi connectivity index (χ0) is 8.65. The van der Waals surface area contributed by atoms with E-state index in [9.17, 15) is 0 Å². The lowest BCUT2D eigenvalue weighted by Gasteiger charge is -2.26. The molecular weight excluding hydrogens is 190 g/mol. The van der Waals surface area contributed by atoms with E-state index in [1.165, 1.54) is 18.1 Å². The Labute approximate surface area is 82.8 Å². The molecule has 0 bridgehead atoms. The normalized spacial score (nSPS) is 19.8. The zero-order valence-corrected chi connectivity index (χ0v) is 9.25. The van der Waals surface area contributed by atoms with Gasteiger partial charge >= 0.3 is 0 Å². The fraction of sp³-hybridized carbons (Fsp3) is 1.00. The highest BCUT2D eigenvalue weighted by Gasteiger charge is 2.08. The van der Waals surface area contributed by atoms with Crippen molar-refractivity contribution in [1.82, 2.24) is 4.90 Å². The maximum absolute atomic E-state index is 5.27. The van der Waals surface area contributed by atoms with Gasteiger partial charge in [0.15, 0.2) is 0 Å². The predicted molar refractivity (Wildman–Crippen MR) is 57.8 cm³/mol. The highest BCUT2D eigenvalue weighted by atomic mass is 33.1. The molecule has 0 radical (unpaired) electrons. The van der Waals surface area contributed by atoms with Gasteiger partial charge in [0.1, 0.15) is 0 Å². The molecule has 1 saturated heterocycles. The molecule has 72 valence electrons. The van der Waals surface area contributed by atoms with Crippen molar-refractivity contribution in [3.05, 3.63) is 0 Å². The topological polar surface area (TPSA) is 12.5 Å². The van der Waals surface area contributed by atoms with Crippen molar-refractivity contribution < 1.29 is 4.74 Å². The number of rotatable bonds is 5. The van der Waals surface area contributed by atoms with Gasteiger partial charge in [0.2, 0.25) is 0 Å². The minimum Gasteiger partial charge on any atom is -0.379 e. The van der Waals surface area contributed by atoms with E-state index in [1.807, 2.05) is 21.6 Å². The van der Waals surface area contributed by atoms with Crippen LogP contribution >= 0.6 is 21.6 Å². The first-order valence-electron chi connectivity index (χ1n) is 4.48. The Morgan fingerprint density at radius 1 is 1.25 bits per heavy atom. The van der Waals surface area contributed by atoms with Gasteiger partial charge in [-0.05, 0) is 0 Å². The number of ether oxygens (including phenoxy) is 1. The van der Waals surface area contributed by atoms with Crippen LogP contribution in [0.5, 0.6) is 0 Å². The Hall–Kier alpha value is 0.620. The number of nitrogens with zero attached hydrogens (tertiary/aromatic N) is 1. The lowest BCUT2D eigenvalue weighted by atomic mass is 10.4. The summed E-state index contributed by atoms with van der Waals surface area (Å²) >= 11 is 0. The highest BCUT2D eigenvalue weighted by Crippen LogP contribution is 2.19. The quantitative estimate of drug-likeness (QED) is 0.502. The first kappa shape index (κ1) is 10.7. The molecular formula is C8H17NOS2. The molecule has 1 aliphatic rings. The minimum absolute atomic E-state index is 0.922. The summed E-state index contributed by atoms with van der Waals surface area (Å²) in [6.45, 7) is 7.51. The molecule has 0 aromatic heterocycles. The molecule has 0 N–H and O–H groups in total. The van der Waals surface area contributed by atoms with Gasteiger partial charge in [0.05, 0.1) is 13.2 Å². The fourth-order valence-electron chi connectivity index (χ4n) is 1.13. The van der Waals surface area contributed by atoms with Crippen molar-refractivity contribution in [3.8, 4) is 0 Å². The van der Waals surface area contributed by atoms with E-state index >= 15 is 0 Å². The maximum atomic E-state index is 5.27. The molecule has 12 heavy (non-hydrogen) atoms. The van der Waals surface area contributed by atoms with Gasteiger partial charge in [0, 0.05) is 31.1 Å². The molecule has 1 fully saturated rings. The standard InChI is InChI=1S/C8H17NOS2/c1-2-11-12-8-5-9-3-6-10-7-4-9/h2-8H2,1H3. The summed E-state index contributed by atoms with van der Waals surface area (Å²) in [5.74, 6) is 2.46. The monoisotopic (exact) mass is 207 g/mol. The van der Waals surface area contributed by atoms with E-state index in [0.717, 1.165) is 26.3 Å². The highest BCUT2D eigenvalue weighted by molar-refractivity contribution is 8.76. The van der Waals surface area contributed by atoms with Gasteiger partial charge in [-0.15, -0.1) is 0 Å². The Kier molecular flexibility index (Phi) is 6.30. The molecule has 0 aliphatic carbocycles. The van der Waals surface area contributed by atoms with Crippen LogP contribution in [0, 0.1) is 0 Å². The molecule has 1 rings (SSSR count). The Bertz CT molecular complexity index is 107. The average Bonchev–Trinajstić information content (AvgIpc) is 2.14. The first-order valence-corrected chi connectivity index (χ1v) is 6.97. The average molecular weight is 207 g/mol. The van der Waals surface area contributed by atoms with Crippen molar-refractivity contribution in [3.63, 3.8) is 0 Å². The zero-order valence-electron chi connectivity index (χ0n) is 7.62. The van der Waals surface area contributed by atoms with E-state index in [0.29, 0.717) is 0 Å². The van der Waals surface area contributed by atoms with Crippen LogP contribution in [0.25, 0.3) is 0 Å². The SMILES string of the molecule is CCSSCCN1CCOCC1. The number of hydrogen-bond donors (Lipinski definition) is 0. The molecule has 2 nitrogen and oxygen atoms in total. The van der Waals surface area contributed by atoms with E-state index in [1.54, 1.807) is 0 Å². The van der Waals surface area contributed by atoms with Crippen LogP contribution < -0.4 is 0 Å². The smallest absolute Gasteiger partial charge is 0.0594 e. The Morgan fingerprint density at radius 3 is 2.67 bits per heavy atom. The van der Waals surface area contributed by atoms with Gasteiger partial charge in [-0.3, -0.25) is 4.90 Å². The molecule has 0 amide bonds. The van der Waals surface area contributed by atoms with Crippen LogP contribution in [0.1, 0.15) is 6.92 Å². The van der Waals surface area contributed by atoms with Crippen molar-refractivity contribution in [2.75, 3.05) is 44.4 Å². The van der Waals surface area contributed by atoms with Gasteiger partial charge in [-0.25, -0.2) is 0 Å². The predicted octanol–water partition coefficient (Wildman–Crippen LogP) is 1.72. The number of hydrogen-bond acceptors (Lipinski definition) is 4. The van der Waals surface area contributed by atoms with E-state index in [4.69, 9.17) is 4.74 Å². The summed E-state index contributed by atoms with van der Waals surface area (Å²) in [4.78, 5) is 2.48. The minimum atomic E-state index is 0.922. The van der Waals surface area contributed by atoms with Crippen LogP contribution in [0.3, 0.4) is 0 Å². The maximum Gasteiger partial charge on any atom is 0.0594 e. The van der Waals surface area contributed by atoms with Gasteiger partial charge < -0.3 is 4.74 Å². The molecule has 0 atom stereocenters. The van der Waals surface area contributed by atoms with Gasteiger partial charge in [0.25, 0.3) is 0 Å². The van der Waals surface area contributed by atoms with E-state index < -0.39 is 0 Å². The van der Waals surface area contributed by atoms with Crippen LogP contribution in [0.2, 0.25) is 0 Å². The molecule has 0 spiro atoms. The molecule has 0 saturated carbocycles. The fourth-order valence-corrected chi connectivity index (χ4v) is 2.83. The third kappa shape index (κ3) is 4.60. The molecule has 1 heterocycles. The number of morpholine rings is 1. The Balaban J connectivity index is 1.91. The third-order valence-electron chi connectivity index (χ3n) is 1.80. The summed E-state index contributed by atoms with van der Waals surface area (Å²) in [6.07, 6.45) is 0. The molecule has 1 aliphatic heterocycles.